The van der Waals surface area contributed by atoms with Crippen LogP contribution in [-0.4, -0.2) is 23.3 Å². The van der Waals surface area contributed by atoms with Gasteiger partial charge in [0.05, 0.1) is 0 Å². The van der Waals surface area contributed by atoms with E-state index in [1.54, 1.807) is 12.1 Å². The van der Waals surface area contributed by atoms with Crippen molar-refractivity contribution >= 4 is 27.5 Å². The number of rotatable bonds is 5. The molecule has 0 N–H and O–H groups in total. The first kappa shape index (κ1) is 12.9. The van der Waals surface area contributed by atoms with Crippen LogP contribution in [0.4, 0.5) is 4.39 Å². The summed E-state index contributed by atoms with van der Waals surface area (Å²) in [6.07, 6.45) is 0. The van der Waals surface area contributed by atoms with Crippen LogP contribution in [0.1, 0.15) is 12.5 Å². The molecule has 0 heterocycles. The van der Waals surface area contributed by atoms with E-state index in [-0.39, 0.29) is 5.82 Å². The van der Waals surface area contributed by atoms with Crippen LogP contribution < -0.4 is 0 Å². The monoisotopic (exact) mass is 293 g/mol. The van der Waals surface area contributed by atoms with E-state index in [2.05, 4.69) is 27.8 Å². The Bertz CT molecular complexity index is 319. The van der Waals surface area contributed by atoms with E-state index >= 15 is 0 Å². The standard InChI is InChI=1S/C11H14BrClFN/c1-2-15(6-5-12)8-9-7-10(13)3-4-11(9)14/h3-4,7H,2,5-6,8H2,1H3. The maximum atomic E-state index is 13.4. The summed E-state index contributed by atoms with van der Waals surface area (Å²) in [7, 11) is 0. The van der Waals surface area contributed by atoms with E-state index in [4.69, 9.17) is 11.6 Å². The highest BCUT2D eigenvalue weighted by Gasteiger charge is 2.07. The van der Waals surface area contributed by atoms with Crippen molar-refractivity contribution in [2.45, 2.75) is 13.5 Å². The summed E-state index contributed by atoms with van der Waals surface area (Å²) < 4.78 is 13.4. The van der Waals surface area contributed by atoms with Gasteiger partial charge in [-0.1, -0.05) is 34.5 Å². The van der Waals surface area contributed by atoms with Gasteiger partial charge in [-0.2, -0.15) is 0 Å². The first-order chi connectivity index (χ1) is 7.17. The lowest BCUT2D eigenvalue weighted by molar-refractivity contribution is 0.294. The zero-order valence-corrected chi connectivity index (χ0v) is 11.0. The molecule has 15 heavy (non-hydrogen) atoms. The Hall–Kier alpha value is -0.120. The molecule has 4 heteroatoms. The molecule has 0 aliphatic carbocycles. The number of hydrogen-bond donors (Lipinski definition) is 0. The molecule has 0 aliphatic heterocycles. The molecule has 0 spiro atoms. The topological polar surface area (TPSA) is 3.24 Å². The van der Waals surface area contributed by atoms with Gasteiger partial charge < -0.3 is 0 Å². The Morgan fingerprint density at radius 2 is 2.20 bits per heavy atom. The fourth-order valence-electron chi connectivity index (χ4n) is 1.37. The minimum absolute atomic E-state index is 0.188. The quantitative estimate of drug-likeness (QED) is 0.749. The van der Waals surface area contributed by atoms with Crippen molar-refractivity contribution in [2.75, 3.05) is 18.4 Å². The molecule has 0 bridgehead atoms. The number of hydrogen-bond acceptors (Lipinski definition) is 1. The molecule has 1 nitrogen and oxygen atoms in total. The average molecular weight is 295 g/mol. The van der Waals surface area contributed by atoms with E-state index in [1.807, 2.05) is 0 Å². The molecule has 1 aromatic carbocycles. The van der Waals surface area contributed by atoms with Crippen molar-refractivity contribution in [3.63, 3.8) is 0 Å². The maximum Gasteiger partial charge on any atom is 0.127 e. The zero-order valence-electron chi connectivity index (χ0n) is 8.64. The van der Waals surface area contributed by atoms with Crippen molar-refractivity contribution in [2.24, 2.45) is 0 Å². The third kappa shape index (κ3) is 4.09. The highest BCUT2D eigenvalue weighted by molar-refractivity contribution is 9.09. The first-order valence-electron chi connectivity index (χ1n) is 4.89. The smallest absolute Gasteiger partial charge is 0.127 e. The molecule has 0 atom stereocenters. The summed E-state index contributed by atoms with van der Waals surface area (Å²) in [5.74, 6) is -0.188. The summed E-state index contributed by atoms with van der Waals surface area (Å²) in [5.41, 5.74) is 0.658. The maximum absolute atomic E-state index is 13.4. The van der Waals surface area contributed by atoms with Gasteiger partial charge in [-0.15, -0.1) is 0 Å². The molecule has 0 amide bonds. The number of benzene rings is 1. The Morgan fingerprint density at radius 1 is 1.47 bits per heavy atom. The van der Waals surface area contributed by atoms with Crippen LogP contribution in [0.3, 0.4) is 0 Å². The van der Waals surface area contributed by atoms with Crippen LogP contribution in [0, 0.1) is 5.82 Å². The molecule has 0 saturated carbocycles. The summed E-state index contributed by atoms with van der Waals surface area (Å²) in [6, 6.07) is 4.68. The van der Waals surface area contributed by atoms with Gasteiger partial charge in [0.25, 0.3) is 0 Å². The molecule has 0 aliphatic rings. The summed E-state index contributed by atoms with van der Waals surface area (Å²) >= 11 is 9.20. The Kier molecular flexibility index (Phi) is 5.58. The average Bonchev–Trinajstić information content (AvgIpc) is 2.22. The summed E-state index contributed by atoms with van der Waals surface area (Å²) in [5, 5.41) is 1.48. The van der Waals surface area contributed by atoms with Gasteiger partial charge >= 0.3 is 0 Å². The van der Waals surface area contributed by atoms with Crippen molar-refractivity contribution in [1.29, 1.82) is 0 Å². The van der Waals surface area contributed by atoms with Crippen LogP contribution in [0.5, 0.6) is 0 Å². The minimum Gasteiger partial charge on any atom is -0.298 e. The molecule has 0 aromatic heterocycles. The molecule has 0 unspecified atom stereocenters. The van der Waals surface area contributed by atoms with Gasteiger partial charge in [0.15, 0.2) is 0 Å². The summed E-state index contributed by atoms with van der Waals surface area (Å²) in [4.78, 5) is 2.16. The lowest BCUT2D eigenvalue weighted by Crippen LogP contribution is -2.25. The lowest BCUT2D eigenvalue weighted by atomic mass is 10.2. The zero-order chi connectivity index (χ0) is 11.3. The number of nitrogens with zero attached hydrogens (tertiary/aromatic N) is 1. The van der Waals surface area contributed by atoms with Crippen molar-refractivity contribution in [3.05, 3.63) is 34.6 Å². The summed E-state index contributed by atoms with van der Waals surface area (Å²) in [6.45, 7) is 4.47. The SMILES string of the molecule is CCN(CCBr)Cc1cc(Cl)ccc1F. The van der Waals surface area contributed by atoms with E-state index in [1.165, 1.54) is 6.07 Å². The van der Waals surface area contributed by atoms with E-state index in [0.29, 0.717) is 17.1 Å². The van der Waals surface area contributed by atoms with Crippen molar-refractivity contribution in [1.82, 2.24) is 4.90 Å². The van der Waals surface area contributed by atoms with Crippen LogP contribution in [0.15, 0.2) is 18.2 Å². The third-order valence-corrected chi connectivity index (χ3v) is 2.84. The van der Waals surface area contributed by atoms with Gasteiger partial charge in [-0.3, -0.25) is 4.90 Å². The Balaban J connectivity index is 2.73. The van der Waals surface area contributed by atoms with Gasteiger partial charge in [0.1, 0.15) is 5.82 Å². The normalized spacial score (nSPS) is 11.0. The molecule has 0 radical (unpaired) electrons. The van der Waals surface area contributed by atoms with Crippen molar-refractivity contribution < 1.29 is 4.39 Å². The van der Waals surface area contributed by atoms with Crippen molar-refractivity contribution in [3.8, 4) is 0 Å². The fourth-order valence-corrected chi connectivity index (χ4v) is 2.07. The van der Waals surface area contributed by atoms with Gasteiger partial charge in [0.2, 0.25) is 0 Å². The predicted molar refractivity (Wildman–Crippen MR) is 66.2 cm³/mol. The highest BCUT2D eigenvalue weighted by atomic mass is 79.9. The molecule has 84 valence electrons. The minimum atomic E-state index is -0.188. The van der Waals surface area contributed by atoms with Gasteiger partial charge in [-0.05, 0) is 24.7 Å². The molecule has 0 fully saturated rings. The predicted octanol–water partition coefficient (Wildman–Crippen LogP) is 3.70. The number of alkyl halides is 1. The number of halogens is 3. The molecule has 1 rings (SSSR count). The second-order valence-corrected chi connectivity index (χ2v) is 4.52. The van der Waals surface area contributed by atoms with E-state index in [9.17, 15) is 4.39 Å². The lowest BCUT2D eigenvalue weighted by Gasteiger charge is -2.19. The van der Waals surface area contributed by atoms with Crippen LogP contribution in [-0.2, 0) is 6.54 Å². The first-order valence-corrected chi connectivity index (χ1v) is 6.39. The second kappa shape index (κ2) is 6.46. The molecular weight excluding hydrogens is 280 g/mol. The van der Waals surface area contributed by atoms with Crippen LogP contribution in [0.25, 0.3) is 0 Å². The molecule has 1 aromatic rings. The fraction of sp³-hybridized carbons (Fsp3) is 0.455. The third-order valence-electron chi connectivity index (χ3n) is 2.25. The second-order valence-electron chi connectivity index (χ2n) is 3.29. The van der Waals surface area contributed by atoms with Crippen LogP contribution >= 0.6 is 27.5 Å². The Morgan fingerprint density at radius 3 is 2.80 bits per heavy atom. The van der Waals surface area contributed by atoms with Gasteiger partial charge in [-0.25, -0.2) is 4.39 Å². The largest absolute Gasteiger partial charge is 0.298 e. The Labute approximate surface area is 103 Å². The van der Waals surface area contributed by atoms with E-state index < -0.39 is 0 Å². The molecule has 0 saturated heterocycles. The highest BCUT2D eigenvalue weighted by Crippen LogP contribution is 2.16. The van der Waals surface area contributed by atoms with Crippen LogP contribution in [0.2, 0.25) is 5.02 Å². The van der Waals surface area contributed by atoms with Gasteiger partial charge in [0, 0.05) is 29.0 Å². The van der Waals surface area contributed by atoms with E-state index in [0.717, 1.165) is 18.4 Å². The molecular formula is C11H14BrClFN.